The molecule has 1 atom stereocenters. The molecule has 21 heavy (non-hydrogen) atoms. The number of allylic oxidation sites excluding steroid dienone is 1. The highest BCUT2D eigenvalue weighted by Gasteiger charge is 2.47. The molecule has 1 heterocycles. The molecule has 4 nitrogen and oxygen atoms in total. The molecule has 5 heteroatoms. The minimum Gasteiger partial charge on any atom is -0.368 e. The van der Waals surface area contributed by atoms with E-state index in [0.29, 0.717) is 17.7 Å². The number of aryl methyl sites for hydroxylation is 1. The number of halogens is 1. The van der Waals surface area contributed by atoms with Crippen LogP contribution in [0.15, 0.2) is 23.9 Å². The second kappa shape index (κ2) is 5.05. The van der Waals surface area contributed by atoms with Crippen molar-refractivity contribution >= 4 is 5.78 Å². The van der Waals surface area contributed by atoms with Crippen LogP contribution in [0.3, 0.4) is 0 Å². The number of nitrogens with zero attached hydrogens (tertiary/aromatic N) is 2. The van der Waals surface area contributed by atoms with Crippen LogP contribution in [-0.2, 0) is 15.1 Å². The summed E-state index contributed by atoms with van der Waals surface area (Å²) in [4.78, 5) is 16.4. The Labute approximate surface area is 123 Å². The summed E-state index contributed by atoms with van der Waals surface area (Å²) >= 11 is 0. The fraction of sp³-hybridized carbons (Fsp3) is 0.438. The molecule has 1 aliphatic rings. The van der Waals surface area contributed by atoms with E-state index < -0.39 is 16.8 Å². The quantitative estimate of drug-likeness (QED) is 0.839. The predicted octanol–water partition coefficient (Wildman–Crippen LogP) is 2.82. The van der Waals surface area contributed by atoms with E-state index in [9.17, 15) is 14.4 Å². The van der Waals surface area contributed by atoms with E-state index in [2.05, 4.69) is 4.98 Å². The first-order valence-electron chi connectivity index (χ1n) is 6.61. The van der Waals surface area contributed by atoms with E-state index in [4.69, 9.17) is 4.74 Å². The third-order valence-electron chi connectivity index (χ3n) is 3.87. The minimum absolute atomic E-state index is 0.0543. The molecule has 1 unspecified atom stereocenters. The van der Waals surface area contributed by atoms with Crippen molar-refractivity contribution in [1.82, 2.24) is 4.98 Å². The molecule has 0 saturated heterocycles. The molecule has 0 bridgehead atoms. The first-order valence-corrected chi connectivity index (χ1v) is 6.61. The lowest BCUT2D eigenvalue weighted by atomic mass is 9.68. The molecule has 0 fully saturated rings. The Balaban J connectivity index is 2.69. The van der Waals surface area contributed by atoms with E-state index in [1.807, 2.05) is 6.07 Å². The number of ketones is 1. The molecule has 0 spiro atoms. The van der Waals surface area contributed by atoms with Gasteiger partial charge in [-0.15, -0.1) is 0 Å². The van der Waals surface area contributed by atoms with Gasteiger partial charge in [-0.05, 0) is 31.1 Å². The zero-order valence-corrected chi connectivity index (χ0v) is 12.5. The second-order valence-electron chi connectivity index (χ2n) is 5.97. The number of carbonyl (C=O) groups excluding carboxylic acids is 1. The van der Waals surface area contributed by atoms with Crippen molar-refractivity contribution in [1.29, 1.82) is 5.26 Å². The maximum atomic E-state index is 13.3. The molecule has 0 aromatic carbocycles. The van der Waals surface area contributed by atoms with E-state index in [1.54, 1.807) is 20.8 Å². The molecule has 2 rings (SSSR count). The lowest BCUT2D eigenvalue weighted by Gasteiger charge is -2.40. The highest BCUT2D eigenvalue weighted by molar-refractivity contribution is 6.04. The van der Waals surface area contributed by atoms with E-state index in [0.717, 1.165) is 6.20 Å². The number of pyridine rings is 1. The number of carbonyl (C=O) groups is 1. The third-order valence-corrected chi connectivity index (χ3v) is 3.87. The van der Waals surface area contributed by atoms with Gasteiger partial charge >= 0.3 is 0 Å². The Morgan fingerprint density at radius 1 is 1.48 bits per heavy atom. The van der Waals surface area contributed by atoms with Crippen molar-refractivity contribution in [3.8, 4) is 6.07 Å². The molecule has 0 radical (unpaired) electrons. The van der Waals surface area contributed by atoms with Gasteiger partial charge in [-0.2, -0.15) is 5.26 Å². The molecule has 0 saturated carbocycles. The Kier molecular flexibility index (Phi) is 3.68. The average molecular weight is 288 g/mol. The normalized spacial score (nSPS) is 24.4. The fourth-order valence-electron chi connectivity index (χ4n) is 2.90. The van der Waals surface area contributed by atoms with Crippen LogP contribution in [0.2, 0.25) is 0 Å². The van der Waals surface area contributed by atoms with Crippen LogP contribution in [0.25, 0.3) is 0 Å². The van der Waals surface area contributed by atoms with Crippen LogP contribution in [-0.4, -0.2) is 17.9 Å². The number of methoxy groups -OCH3 is 1. The standard InChI is InChI=1S/C16H17FN2O2/c1-10-5-12(17)8-19-13(10)16(21-4)6-11(7-18)14(20)15(2,3)9-16/h5-6,8H,9H2,1-4H3. The van der Waals surface area contributed by atoms with Crippen molar-refractivity contribution in [2.24, 2.45) is 5.41 Å². The van der Waals surface area contributed by atoms with E-state index >= 15 is 0 Å². The van der Waals surface area contributed by atoms with Gasteiger partial charge in [-0.3, -0.25) is 9.78 Å². The van der Waals surface area contributed by atoms with Crippen LogP contribution in [0.5, 0.6) is 0 Å². The summed E-state index contributed by atoms with van der Waals surface area (Å²) in [6.45, 7) is 5.27. The summed E-state index contributed by atoms with van der Waals surface area (Å²) in [6.07, 6.45) is 2.97. The minimum atomic E-state index is -1.000. The fourth-order valence-corrected chi connectivity index (χ4v) is 2.90. The number of ether oxygens (including phenoxy) is 1. The van der Waals surface area contributed by atoms with Gasteiger partial charge < -0.3 is 4.74 Å². The van der Waals surface area contributed by atoms with Gasteiger partial charge in [0.05, 0.1) is 17.5 Å². The molecule has 0 aliphatic heterocycles. The molecule has 1 aromatic heterocycles. The van der Waals surface area contributed by atoms with Crippen molar-refractivity contribution < 1.29 is 13.9 Å². The Morgan fingerprint density at radius 3 is 2.67 bits per heavy atom. The SMILES string of the molecule is COC1(c2ncc(F)cc2C)C=C(C#N)C(=O)C(C)(C)C1. The van der Waals surface area contributed by atoms with Crippen LogP contribution < -0.4 is 0 Å². The second-order valence-corrected chi connectivity index (χ2v) is 5.97. The van der Waals surface area contributed by atoms with Gasteiger partial charge in [0.25, 0.3) is 0 Å². The van der Waals surface area contributed by atoms with Crippen molar-refractivity contribution in [3.63, 3.8) is 0 Å². The maximum Gasteiger partial charge on any atom is 0.178 e. The summed E-state index contributed by atoms with van der Waals surface area (Å²) in [5, 5.41) is 9.21. The lowest BCUT2D eigenvalue weighted by molar-refractivity contribution is -0.128. The van der Waals surface area contributed by atoms with Gasteiger partial charge in [0, 0.05) is 12.5 Å². The smallest absolute Gasteiger partial charge is 0.178 e. The van der Waals surface area contributed by atoms with Crippen LogP contribution >= 0.6 is 0 Å². The number of Topliss-reactive ketones (excluding diaryl/α,β-unsaturated/α-hetero) is 1. The van der Waals surface area contributed by atoms with Gasteiger partial charge in [-0.25, -0.2) is 4.39 Å². The zero-order chi connectivity index (χ0) is 15.8. The Hall–Kier alpha value is -2.06. The topological polar surface area (TPSA) is 63.0 Å². The molecule has 1 aliphatic carbocycles. The van der Waals surface area contributed by atoms with Crippen molar-refractivity contribution in [3.05, 3.63) is 41.0 Å². The van der Waals surface area contributed by atoms with Crippen molar-refractivity contribution in [2.45, 2.75) is 32.8 Å². The third kappa shape index (κ3) is 2.47. The number of nitriles is 1. The first kappa shape index (κ1) is 15.3. The first-order chi connectivity index (χ1) is 9.75. The summed E-state index contributed by atoms with van der Waals surface area (Å²) in [6, 6.07) is 3.30. The Bertz CT molecular complexity index is 673. The maximum absolute atomic E-state index is 13.3. The van der Waals surface area contributed by atoms with Crippen LogP contribution in [0.4, 0.5) is 4.39 Å². The van der Waals surface area contributed by atoms with Crippen molar-refractivity contribution in [2.75, 3.05) is 7.11 Å². The summed E-state index contributed by atoms with van der Waals surface area (Å²) in [5.41, 5.74) is -0.549. The van der Waals surface area contributed by atoms with Gasteiger partial charge in [0.1, 0.15) is 17.5 Å². The monoisotopic (exact) mass is 288 g/mol. The van der Waals surface area contributed by atoms with Crippen LogP contribution in [0, 0.1) is 29.5 Å². The highest BCUT2D eigenvalue weighted by atomic mass is 19.1. The summed E-state index contributed by atoms with van der Waals surface area (Å²) in [7, 11) is 1.50. The number of rotatable bonds is 2. The van der Waals surface area contributed by atoms with Gasteiger partial charge in [0.2, 0.25) is 0 Å². The largest absolute Gasteiger partial charge is 0.368 e. The zero-order valence-electron chi connectivity index (χ0n) is 12.5. The Morgan fingerprint density at radius 2 is 2.14 bits per heavy atom. The van der Waals surface area contributed by atoms with Gasteiger partial charge in [-0.1, -0.05) is 13.8 Å². The molecule has 1 aromatic rings. The van der Waals surface area contributed by atoms with E-state index in [-0.39, 0.29) is 11.4 Å². The average Bonchev–Trinajstić information content (AvgIpc) is 2.41. The molecule has 110 valence electrons. The van der Waals surface area contributed by atoms with Gasteiger partial charge in [0.15, 0.2) is 5.78 Å². The lowest BCUT2D eigenvalue weighted by Crippen LogP contribution is -2.43. The van der Waals surface area contributed by atoms with E-state index in [1.165, 1.54) is 19.3 Å². The highest BCUT2D eigenvalue weighted by Crippen LogP contribution is 2.45. The number of hydrogen-bond acceptors (Lipinski definition) is 4. The molecule has 0 amide bonds. The summed E-state index contributed by atoms with van der Waals surface area (Å²) in [5.74, 6) is -0.643. The molecule has 0 N–H and O–H groups in total. The molecular weight excluding hydrogens is 271 g/mol. The van der Waals surface area contributed by atoms with Crippen LogP contribution in [0.1, 0.15) is 31.5 Å². The summed E-state index contributed by atoms with van der Waals surface area (Å²) < 4.78 is 18.9. The molecular formula is C16H17FN2O2. The number of hydrogen-bond donors (Lipinski definition) is 0. The predicted molar refractivity (Wildman–Crippen MR) is 74.7 cm³/mol. The number of aromatic nitrogens is 1.